The highest BCUT2D eigenvalue weighted by atomic mass is 15.1. The molecule has 0 amide bonds. The number of aromatic nitrogens is 1. The third-order valence-electron chi connectivity index (χ3n) is 9.59. The van der Waals surface area contributed by atoms with Crippen molar-refractivity contribution in [3.05, 3.63) is 206 Å². The smallest absolute Gasteiger partial charge is 0.0547 e. The summed E-state index contributed by atoms with van der Waals surface area (Å²) in [5.74, 6) is 0. The highest BCUT2D eigenvalue weighted by Gasteiger charge is 2.18. The van der Waals surface area contributed by atoms with Crippen molar-refractivity contribution in [3.63, 3.8) is 0 Å². The predicted octanol–water partition coefficient (Wildman–Crippen LogP) is 13.3. The summed E-state index contributed by atoms with van der Waals surface area (Å²) in [7, 11) is 0. The molecule has 0 saturated heterocycles. The fraction of sp³-hybridized carbons (Fsp3) is 0. The van der Waals surface area contributed by atoms with Crippen LogP contribution in [-0.4, -0.2) is 4.57 Å². The van der Waals surface area contributed by atoms with Crippen LogP contribution >= 0.6 is 0 Å². The van der Waals surface area contributed by atoms with Crippen LogP contribution in [0.1, 0.15) is 0 Å². The molecule has 0 bridgehead atoms. The van der Waals surface area contributed by atoms with E-state index >= 15 is 0 Å². The molecule has 236 valence electrons. The first-order chi connectivity index (χ1) is 24.8. The summed E-state index contributed by atoms with van der Waals surface area (Å²) in [5, 5.41) is 2.48. The highest BCUT2D eigenvalue weighted by molar-refractivity contribution is 6.11. The van der Waals surface area contributed by atoms with Crippen LogP contribution in [-0.2, 0) is 0 Å². The maximum Gasteiger partial charge on any atom is 0.0547 e. The number of nitrogens with zero attached hydrogens (tertiary/aromatic N) is 2. The highest BCUT2D eigenvalue weighted by Crippen LogP contribution is 2.41. The SMILES string of the molecule is c1ccc(-c2ccc3c4ccc(-c5ccccc5)cc4n(-c4ccccc4-c4ccc(N(c5ccccc5)c5ccccc5)cc4)c3c2)cc1. The van der Waals surface area contributed by atoms with Gasteiger partial charge in [0.15, 0.2) is 0 Å². The molecule has 0 N–H and O–H groups in total. The van der Waals surface area contributed by atoms with E-state index in [1.54, 1.807) is 0 Å². The largest absolute Gasteiger partial charge is 0.311 e. The molecule has 9 rings (SSSR count). The summed E-state index contributed by atoms with van der Waals surface area (Å²) in [6.45, 7) is 0. The number of anilines is 3. The second kappa shape index (κ2) is 12.8. The van der Waals surface area contributed by atoms with Gasteiger partial charge in [-0.1, -0.05) is 152 Å². The van der Waals surface area contributed by atoms with Gasteiger partial charge < -0.3 is 9.47 Å². The quantitative estimate of drug-likeness (QED) is 0.169. The average molecular weight is 639 g/mol. The zero-order chi connectivity index (χ0) is 33.3. The molecule has 2 nitrogen and oxygen atoms in total. The first kappa shape index (κ1) is 29.5. The second-order valence-electron chi connectivity index (χ2n) is 12.6. The van der Waals surface area contributed by atoms with Crippen molar-refractivity contribution >= 4 is 38.9 Å². The Bertz CT molecular complexity index is 2420. The van der Waals surface area contributed by atoms with Gasteiger partial charge in [-0.2, -0.15) is 0 Å². The molecule has 1 aromatic heterocycles. The van der Waals surface area contributed by atoms with Gasteiger partial charge in [-0.25, -0.2) is 0 Å². The Kier molecular flexibility index (Phi) is 7.53. The Hall–Kier alpha value is -6.64. The summed E-state index contributed by atoms with van der Waals surface area (Å²) in [4.78, 5) is 2.30. The molecule has 0 aliphatic carbocycles. The summed E-state index contributed by atoms with van der Waals surface area (Å²) in [6.07, 6.45) is 0. The number of rotatable bonds is 7. The fourth-order valence-electron chi connectivity index (χ4n) is 7.20. The third kappa shape index (κ3) is 5.34. The Balaban J connectivity index is 1.23. The number of para-hydroxylation sites is 3. The molecule has 0 aliphatic rings. The maximum atomic E-state index is 2.47. The van der Waals surface area contributed by atoms with Crippen molar-refractivity contribution in [2.24, 2.45) is 0 Å². The van der Waals surface area contributed by atoms with E-state index in [0.29, 0.717) is 0 Å². The molecule has 2 heteroatoms. The van der Waals surface area contributed by atoms with Crippen LogP contribution in [0.3, 0.4) is 0 Å². The molecule has 0 saturated carbocycles. The van der Waals surface area contributed by atoms with Gasteiger partial charge >= 0.3 is 0 Å². The van der Waals surface area contributed by atoms with E-state index in [4.69, 9.17) is 0 Å². The van der Waals surface area contributed by atoms with Crippen LogP contribution in [0.5, 0.6) is 0 Å². The van der Waals surface area contributed by atoms with Gasteiger partial charge in [-0.3, -0.25) is 0 Å². The van der Waals surface area contributed by atoms with Gasteiger partial charge in [0.1, 0.15) is 0 Å². The minimum absolute atomic E-state index is 1.11. The molecule has 50 heavy (non-hydrogen) atoms. The van der Waals surface area contributed by atoms with Crippen molar-refractivity contribution in [2.45, 2.75) is 0 Å². The van der Waals surface area contributed by atoms with E-state index < -0.39 is 0 Å². The van der Waals surface area contributed by atoms with Crippen LogP contribution in [0.15, 0.2) is 206 Å². The number of benzene rings is 8. The van der Waals surface area contributed by atoms with Crippen LogP contribution in [0.2, 0.25) is 0 Å². The monoisotopic (exact) mass is 638 g/mol. The van der Waals surface area contributed by atoms with Crippen LogP contribution in [0, 0.1) is 0 Å². The number of hydrogen-bond donors (Lipinski definition) is 0. The zero-order valence-corrected chi connectivity index (χ0v) is 27.5. The Morgan fingerprint density at radius 3 is 1.20 bits per heavy atom. The molecule has 0 spiro atoms. The van der Waals surface area contributed by atoms with Crippen molar-refractivity contribution in [1.82, 2.24) is 4.57 Å². The fourth-order valence-corrected chi connectivity index (χ4v) is 7.20. The molecule has 0 atom stereocenters. The normalized spacial score (nSPS) is 11.2. The van der Waals surface area contributed by atoms with E-state index in [2.05, 4.69) is 216 Å². The first-order valence-electron chi connectivity index (χ1n) is 17.1. The van der Waals surface area contributed by atoms with Gasteiger partial charge in [-0.15, -0.1) is 0 Å². The van der Waals surface area contributed by atoms with Crippen molar-refractivity contribution in [3.8, 4) is 39.1 Å². The van der Waals surface area contributed by atoms with Crippen molar-refractivity contribution < 1.29 is 0 Å². The first-order valence-corrected chi connectivity index (χ1v) is 17.1. The molecule has 0 unspecified atom stereocenters. The minimum Gasteiger partial charge on any atom is -0.311 e. The lowest BCUT2D eigenvalue weighted by atomic mass is 10.0. The van der Waals surface area contributed by atoms with Crippen LogP contribution in [0.4, 0.5) is 17.1 Å². The van der Waals surface area contributed by atoms with E-state index in [1.165, 1.54) is 55.2 Å². The van der Waals surface area contributed by atoms with E-state index in [-0.39, 0.29) is 0 Å². The van der Waals surface area contributed by atoms with Crippen LogP contribution < -0.4 is 4.90 Å². The topological polar surface area (TPSA) is 8.17 Å². The summed E-state index contributed by atoms with van der Waals surface area (Å²) >= 11 is 0. The Morgan fingerprint density at radius 1 is 0.300 bits per heavy atom. The van der Waals surface area contributed by atoms with E-state index in [9.17, 15) is 0 Å². The van der Waals surface area contributed by atoms with Gasteiger partial charge in [-0.05, 0) is 82.4 Å². The Morgan fingerprint density at radius 2 is 0.700 bits per heavy atom. The molecular formula is C48H34N2. The second-order valence-corrected chi connectivity index (χ2v) is 12.6. The van der Waals surface area contributed by atoms with Crippen molar-refractivity contribution in [1.29, 1.82) is 0 Å². The van der Waals surface area contributed by atoms with Crippen molar-refractivity contribution in [2.75, 3.05) is 4.90 Å². The number of fused-ring (bicyclic) bond motifs is 3. The maximum absolute atomic E-state index is 2.47. The molecule has 8 aromatic carbocycles. The summed E-state index contributed by atoms with van der Waals surface area (Å²) in [6, 6.07) is 74.0. The summed E-state index contributed by atoms with van der Waals surface area (Å²) < 4.78 is 2.47. The lowest BCUT2D eigenvalue weighted by molar-refractivity contribution is 1.18. The molecular weight excluding hydrogens is 605 g/mol. The molecule has 9 aromatic rings. The van der Waals surface area contributed by atoms with Gasteiger partial charge in [0.05, 0.1) is 16.7 Å². The Labute approximate surface area is 292 Å². The molecule has 1 heterocycles. The van der Waals surface area contributed by atoms with Crippen LogP contribution in [0.25, 0.3) is 60.9 Å². The van der Waals surface area contributed by atoms with Gasteiger partial charge in [0.2, 0.25) is 0 Å². The predicted molar refractivity (Wildman–Crippen MR) is 212 cm³/mol. The molecule has 0 fully saturated rings. The molecule has 0 radical (unpaired) electrons. The van der Waals surface area contributed by atoms with Gasteiger partial charge in [0, 0.05) is 33.4 Å². The van der Waals surface area contributed by atoms with E-state index in [0.717, 1.165) is 22.7 Å². The standard InChI is InChI=1S/C48H34N2/c1-5-15-35(16-6-1)38-27-31-44-45-32-28-39(36-17-7-2-8-18-36)34-48(45)50(47(44)33-38)46-24-14-13-23-43(46)37-25-29-42(30-26-37)49(40-19-9-3-10-20-40)41-21-11-4-12-22-41/h1-34H. The van der Waals surface area contributed by atoms with Gasteiger partial charge in [0.25, 0.3) is 0 Å². The number of hydrogen-bond acceptors (Lipinski definition) is 1. The third-order valence-corrected chi connectivity index (χ3v) is 9.59. The lowest BCUT2D eigenvalue weighted by Crippen LogP contribution is -2.09. The zero-order valence-electron chi connectivity index (χ0n) is 27.5. The average Bonchev–Trinajstić information content (AvgIpc) is 3.52. The van der Waals surface area contributed by atoms with E-state index in [1.807, 2.05) is 0 Å². The minimum atomic E-state index is 1.11. The summed E-state index contributed by atoms with van der Waals surface area (Å²) in [5.41, 5.74) is 14.1. The molecule has 0 aliphatic heterocycles. The lowest BCUT2D eigenvalue weighted by Gasteiger charge is -2.25.